The van der Waals surface area contributed by atoms with Crippen molar-refractivity contribution in [2.75, 3.05) is 12.4 Å². The van der Waals surface area contributed by atoms with Gasteiger partial charge in [0.25, 0.3) is 5.91 Å². The number of para-hydroxylation sites is 1. The minimum atomic E-state index is -0.518. The number of hydrogen-bond donors (Lipinski definition) is 2. The van der Waals surface area contributed by atoms with Crippen molar-refractivity contribution in [2.24, 2.45) is 5.10 Å². The van der Waals surface area contributed by atoms with Crippen molar-refractivity contribution in [3.05, 3.63) is 59.9 Å². The zero-order valence-corrected chi connectivity index (χ0v) is 12.9. The monoisotopic (exact) mass is 315 g/mol. The van der Waals surface area contributed by atoms with Crippen molar-refractivity contribution < 1.29 is 13.9 Å². The number of rotatable bonds is 6. The lowest BCUT2D eigenvalue weighted by atomic mass is 10.2. The molecule has 0 bridgehead atoms. The summed E-state index contributed by atoms with van der Waals surface area (Å²) in [6.07, 6.45) is 1.52. The molecule has 0 aromatic heterocycles. The van der Waals surface area contributed by atoms with Crippen molar-refractivity contribution in [3.63, 3.8) is 0 Å². The van der Waals surface area contributed by atoms with E-state index in [0.717, 1.165) is 5.56 Å². The Labute approximate surface area is 134 Å². The largest absolute Gasteiger partial charge is 0.496 e. The van der Waals surface area contributed by atoms with Gasteiger partial charge in [0.2, 0.25) is 0 Å². The van der Waals surface area contributed by atoms with Crippen LogP contribution in [0, 0.1) is 5.82 Å². The molecule has 2 aromatic rings. The fraction of sp³-hybridized carbons (Fsp3) is 0.176. The maximum atomic E-state index is 12.8. The Hall–Kier alpha value is -2.89. The Morgan fingerprint density at radius 3 is 2.61 bits per heavy atom. The van der Waals surface area contributed by atoms with Gasteiger partial charge < -0.3 is 10.1 Å². The van der Waals surface area contributed by atoms with Crippen LogP contribution in [0.4, 0.5) is 10.1 Å². The van der Waals surface area contributed by atoms with Crippen LogP contribution in [0.15, 0.2) is 53.6 Å². The minimum Gasteiger partial charge on any atom is -0.496 e. The lowest BCUT2D eigenvalue weighted by Crippen LogP contribution is -2.34. The van der Waals surface area contributed by atoms with Crippen molar-refractivity contribution >= 4 is 17.8 Å². The number of hydrogen-bond acceptors (Lipinski definition) is 4. The zero-order chi connectivity index (χ0) is 16.7. The summed E-state index contributed by atoms with van der Waals surface area (Å²) >= 11 is 0. The van der Waals surface area contributed by atoms with Crippen molar-refractivity contribution in [1.82, 2.24) is 5.43 Å². The van der Waals surface area contributed by atoms with Crippen LogP contribution < -0.4 is 15.5 Å². The maximum absolute atomic E-state index is 12.8. The summed E-state index contributed by atoms with van der Waals surface area (Å²) in [7, 11) is 1.57. The van der Waals surface area contributed by atoms with Crippen LogP contribution in [-0.2, 0) is 4.79 Å². The quantitative estimate of drug-likeness (QED) is 0.636. The van der Waals surface area contributed by atoms with Crippen molar-refractivity contribution in [1.29, 1.82) is 0 Å². The molecule has 0 unspecified atom stereocenters. The second-order valence-electron chi connectivity index (χ2n) is 4.85. The molecule has 1 atom stereocenters. The molecule has 1 amide bonds. The molecule has 120 valence electrons. The van der Waals surface area contributed by atoms with E-state index in [1.807, 2.05) is 24.3 Å². The van der Waals surface area contributed by atoms with Crippen LogP contribution in [0.1, 0.15) is 12.5 Å². The highest BCUT2D eigenvalue weighted by Crippen LogP contribution is 2.14. The number of halogens is 1. The lowest BCUT2D eigenvalue weighted by Gasteiger charge is -2.13. The Morgan fingerprint density at radius 1 is 1.22 bits per heavy atom. The molecule has 0 spiro atoms. The Bertz CT molecular complexity index is 686. The Balaban J connectivity index is 1.90. The number of nitrogens with one attached hydrogen (secondary N) is 2. The molecule has 0 aliphatic carbocycles. The molecular formula is C17H18FN3O2. The third-order valence-electron chi connectivity index (χ3n) is 3.14. The van der Waals surface area contributed by atoms with E-state index in [2.05, 4.69) is 15.8 Å². The molecule has 0 aliphatic rings. The number of carbonyl (C=O) groups is 1. The number of benzene rings is 2. The van der Waals surface area contributed by atoms with Crippen LogP contribution in [0.2, 0.25) is 0 Å². The number of carbonyl (C=O) groups excluding carboxylic acids is 1. The molecule has 2 aromatic carbocycles. The summed E-state index contributed by atoms with van der Waals surface area (Å²) in [5, 5.41) is 6.89. The van der Waals surface area contributed by atoms with E-state index in [1.54, 1.807) is 26.2 Å². The van der Waals surface area contributed by atoms with Crippen LogP contribution in [0.3, 0.4) is 0 Å². The molecule has 0 radical (unpaired) electrons. The average molecular weight is 315 g/mol. The highest BCUT2D eigenvalue weighted by molar-refractivity contribution is 5.87. The smallest absolute Gasteiger partial charge is 0.262 e. The van der Waals surface area contributed by atoms with E-state index in [1.165, 1.54) is 18.3 Å². The Kier molecular flexibility index (Phi) is 5.68. The zero-order valence-electron chi connectivity index (χ0n) is 12.9. The first kappa shape index (κ1) is 16.5. The summed E-state index contributed by atoms with van der Waals surface area (Å²) in [4.78, 5) is 12.0. The summed E-state index contributed by atoms with van der Waals surface area (Å²) in [5.74, 6) is 0.0394. The van der Waals surface area contributed by atoms with Gasteiger partial charge >= 0.3 is 0 Å². The molecule has 6 heteroatoms. The second kappa shape index (κ2) is 7.93. The molecule has 0 heterocycles. The van der Waals surface area contributed by atoms with Gasteiger partial charge in [-0.3, -0.25) is 4.79 Å². The molecule has 2 rings (SSSR count). The minimum absolute atomic E-state index is 0.305. The summed E-state index contributed by atoms with van der Waals surface area (Å²) < 4.78 is 18.0. The maximum Gasteiger partial charge on any atom is 0.262 e. The molecular weight excluding hydrogens is 297 g/mol. The fourth-order valence-electron chi connectivity index (χ4n) is 1.90. The van der Waals surface area contributed by atoms with E-state index >= 15 is 0 Å². The van der Waals surface area contributed by atoms with Crippen LogP contribution >= 0.6 is 0 Å². The van der Waals surface area contributed by atoms with Crippen LogP contribution in [0.5, 0.6) is 5.75 Å². The van der Waals surface area contributed by atoms with Gasteiger partial charge in [-0.05, 0) is 43.3 Å². The van der Waals surface area contributed by atoms with Gasteiger partial charge in [0, 0.05) is 11.3 Å². The van der Waals surface area contributed by atoms with E-state index in [4.69, 9.17) is 4.74 Å². The molecule has 0 saturated carbocycles. The lowest BCUT2D eigenvalue weighted by molar-refractivity contribution is -0.121. The van der Waals surface area contributed by atoms with Crippen molar-refractivity contribution in [3.8, 4) is 5.75 Å². The molecule has 2 N–H and O–H groups in total. The number of hydrazone groups is 1. The highest BCUT2D eigenvalue weighted by atomic mass is 19.1. The van der Waals surface area contributed by atoms with E-state index in [-0.39, 0.29) is 11.7 Å². The third kappa shape index (κ3) is 4.81. The van der Waals surface area contributed by atoms with E-state index in [9.17, 15) is 9.18 Å². The van der Waals surface area contributed by atoms with Gasteiger partial charge in [-0.15, -0.1) is 0 Å². The van der Waals surface area contributed by atoms with Crippen LogP contribution in [0.25, 0.3) is 0 Å². The first-order valence-electron chi connectivity index (χ1n) is 7.08. The standard InChI is InChI=1S/C17H18FN3O2/c1-12(20-15-9-7-14(18)8-10-15)17(22)21-19-11-13-5-3-4-6-16(13)23-2/h3-12,20H,1-2H3,(H,21,22)/b19-11-/t12-/m1/s1. The summed E-state index contributed by atoms with van der Waals surface area (Å²) in [6, 6.07) is 12.6. The SMILES string of the molecule is COc1ccccc1/C=N\NC(=O)[C@@H](C)Nc1ccc(F)cc1. The number of ether oxygens (including phenoxy) is 1. The van der Waals surface area contributed by atoms with Gasteiger partial charge in [0.05, 0.1) is 13.3 Å². The van der Waals surface area contributed by atoms with E-state index < -0.39 is 6.04 Å². The van der Waals surface area contributed by atoms with Gasteiger partial charge in [-0.25, -0.2) is 9.82 Å². The topological polar surface area (TPSA) is 62.7 Å². The first-order valence-corrected chi connectivity index (χ1v) is 7.08. The molecule has 5 nitrogen and oxygen atoms in total. The average Bonchev–Trinajstić information content (AvgIpc) is 2.57. The first-order chi connectivity index (χ1) is 11.1. The number of amides is 1. The summed E-state index contributed by atoms with van der Waals surface area (Å²) in [5.41, 5.74) is 3.87. The Morgan fingerprint density at radius 2 is 1.91 bits per heavy atom. The van der Waals surface area contributed by atoms with Gasteiger partial charge in [-0.1, -0.05) is 12.1 Å². The van der Waals surface area contributed by atoms with Crippen LogP contribution in [-0.4, -0.2) is 25.3 Å². The van der Waals surface area contributed by atoms with Gasteiger partial charge in [-0.2, -0.15) is 5.10 Å². The number of methoxy groups -OCH3 is 1. The van der Waals surface area contributed by atoms with Gasteiger partial charge in [0.15, 0.2) is 0 Å². The number of nitrogens with zero attached hydrogens (tertiary/aromatic N) is 1. The number of anilines is 1. The predicted octanol–water partition coefficient (Wildman–Crippen LogP) is 2.79. The summed E-state index contributed by atoms with van der Waals surface area (Å²) in [6.45, 7) is 1.69. The fourth-order valence-corrected chi connectivity index (χ4v) is 1.90. The third-order valence-corrected chi connectivity index (χ3v) is 3.14. The predicted molar refractivity (Wildman–Crippen MR) is 88.2 cm³/mol. The second-order valence-corrected chi connectivity index (χ2v) is 4.85. The highest BCUT2D eigenvalue weighted by Gasteiger charge is 2.11. The van der Waals surface area contributed by atoms with Gasteiger partial charge in [0.1, 0.15) is 17.6 Å². The molecule has 0 fully saturated rings. The molecule has 0 saturated heterocycles. The van der Waals surface area contributed by atoms with E-state index in [0.29, 0.717) is 11.4 Å². The van der Waals surface area contributed by atoms with Crippen molar-refractivity contribution in [2.45, 2.75) is 13.0 Å². The normalized spacial score (nSPS) is 12.0. The molecule has 0 aliphatic heterocycles. The molecule has 23 heavy (non-hydrogen) atoms.